The monoisotopic (exact) mass is 257 g/mol. The summed E-state index contributed by atoms with van der Waals surface area (Å²) in [5.74, 6) is 1.28. The van der Waals surface area contributed by atoms with Crippen LogP contribution in [0.1, 0.15) is 32.5 Å². The normalized spacial score (nSPS) is 12.3. The fourth-order valence-corrected chi connectivity index (χ4v) is 1.45. The summed E-state index contributed by atoms with van der Waals surface area (Å²) in [5, 5.41) is 13.0. The molecule has 0 aromatic carbocycles. The van der Waals surface area contributed by atoms with Gasteiger partial charge in [0.15, 0.2) is 5.82 Å². The second kappa shape index (κ2) is 6.82. The summed E-state index contributed by atoms with van der Waals surface area (Å²) < 4.78 is 10.3. The molecule has 1 N–H and O–H groups in total. The number of rotatable bonds is 7. The molecule has 0 atom stereocenters. The van der Waals surface area contributed by atoms with Crippen LogP contribution in [0.5, 0.6) is 0 Å². The summed E-state index contributed by atoms with van der Waals surface area (Å²) in [4.78, 5) is 6.40. The summed E-state index contributed by atoms with van der Waals surface area (Å²) in [6.07, 6.45) is 0. The second-order valence-electron chi connectivity index (χ2n) is 5.26. The van der Waals surface area contributed by atoms with Crippen LogP contribution in [0.4, 0.5) is 0 Å². The number of aliphatic hydroxyl groups is 1. The van der Waals surface area contributed by atoms with E-state index in [2.05, 4.69) is 10.1 Å². The zero-order chi connectivity index (χ0) is 13.6. The predicted molar refractivity (Wildman–Crippen MR) is 67.2 cm³/mol. The van der Waals surface area contributed by atoms with E-state index < -0.39 is 0 Å². The first-order valence-electron chi connectivity index (χ1n) is 6.12. The summed E-state index contributed by atoms with van der Waals surface area (Å²) in [6, 6.07) is 0. The predicted octanol–water partition coefficient (Wildman–Crippen LogP) is 0.808. The molecule has 6 heteroatoms. The Morgan fingerprint density at radius 2 is 2.06 bits per heavy atom. The number of aliphatic hydroxyl groups excluding tert-OH is 1. The molecule has 18 heavy (non-hydrogen) atoms. The smallest absolute Gasteiger partial charge is 0.232 e. The highest BCUT2D eigenvalue weighted by molar-refractivity contribution is 4.98. The third-order valence-corrected chi connectivity index (χ3v) is 2.50. The standard InChI is InChI=1S/C12H23N3O3/c1-12(2,3)11-13-10(14-18-11)9-15(5-7-16)6-8-17-4/h16H,5-9H2,1-4H3. The molecule has 0 amide bonds. The zero-order valence-corrected chi connectivity index (χ0v) is 11.6. The lowest BCUT2D eigenvalue weighted by molar-refractivity contribution is 0.124. The molecule has 1 rings (SSSR count). The summed E-state index contributed by atoms with van der Waals surface area (Å²) >= 11 is 0. The van der Waals surface area contributed by atoms with E-state index in [1.54, 1.807) is 7.11 Å². The third kappa shape index (κ3) is 4.72. The molecule has 6 nitrogen and oxygen atoms in total. The van der Waals surface area contributed by atoms with Crippen LogP contribution in [0.15, 0.2) is 4.52 Å². The Kier molecular flexibility index (Phi) is 5.71. The van der Waals surface area contributed by atoms with Crippen LogP contribution in [0, 0.1) is 0 Å². The fourth-order valence-electron chi connectivity index (χ4n) is 1.45. The molecule has 1 aromatic heterocycles. The first-order valence-corrected chi connectivity index (χ1v) is 6.12. The number of hydrogen-bond acceptors (Lipinski definition) is 6. The molecular formula is C12H23N3O3. The van der Waals surface area contributed by atoms with Gasteiger partial charge in [-0.3, -0.25) is 4.90 Å². The van der Waals surface area contributed by atoms with Gasteiger partial charge in [0.25, 0.3) is 0 Å². The molecule has 104 valence electrons. The zero-order valence-electron chi connectivity index (χ0n) is 11.6. The van der Waals surface area contributed by atoms with Gasteiger partial charge in [0.2, 0.25) is 5.89 Å². The Morgan fingerprint density at radius 3 is 2.56 bits per heavy atom. The largest absolute Gasteiger partial charge is 0.395 e. The Morgan fingerprint density at radius 1 is 1.33 bits per heavy atom. The van der Waals surface area contributed by atoms with Crippen molar-refractivity contribution in [3.05, 3.63) is 11.7 Å². The van der Waals surface area contributed by atoms with Crippen molar-refractivity contribution in [3.8, 4) is 0 Å². The van der Waals surface area contributed by atoms with Crippen molar-refractivity contribution in [2.75, 3.05) is 33.4 Å². The fraction of sp³-hybridized carbons (Fsp3) is 0.833. The van der Waals surface area contributed by atoms with Crippen LogP contribution in [-0.4, -0.2) is 53.6 Å². The highest BCUT2D eigenvalue weighted by Gasteiger charge is 2.22. The van der Waals surface area contributed by atoms with Gasteiger partial charge in [-0.2, -0.15) is 4.98 Å². The highest BCUT2D eigenvalue weighted by Crippen LogP contribution is 2.19. The number of methoxy groups -OCH3 is 1. The van der Waals surface area contributed by atoms with Gasteiger partial charge in [0.05, 0.1) is 19.8 Å². The van der Waals surface area contributed by atoms with Crippen LogP contribution in [0.2, 0.25) is 0 Å². The number of aromatic nitrogens is 2. The minimum absolute atomic E-state index is 0.105. The van der Waals surface area contributed by atoms with Gasteiger partial charge < -0.3 is 14.4 Å². The van der Waals surface area contributed by atoms with Crippen LogP contribution < -0.4 is 0 Å². The van der Waals surface area contributed by atoms with Gasteiger partial charge in [0, 0.05) is 25.6 Å². The van der Waals surface area contributed by atoms with Crippen LogP contribution >= 0.6 is 0 Å². The number of nitrogens with zero attached hydrogens (tertiary/aromatic N) is 3. The Hall–Kier alpha value is -0.980. The number of ether oxygens (including phenoxy) is 1. The van der Waals surface area contributed by atoms with Crippen LogP contribution in [-0.2, 0) is 16.7 Å². The quantitative estimate of drug-likeness (QED) is 0.779. The molecule has 0 saturated carbocycles. The molecule has 0 fully saturated rings. The SMILES string of the molecule is COCCN(CCO)Cc1noc(C(C)(C)C)n1. The molecule has 0 unspecified atom stereocenters. The van der Waals surface area contributed by atoms with E-state index in [0.29, 0.717) is 31.4 Å². The van der Waals surface area contributed by atoms with E-state index in [1.165, 1.54) is 0 Å². The molecule has 0 aliphatic heterocycles. The molecule has 0 aliphatic carbocycles. The van der Waals surface area contributed by atoms with E-state index >= 15 is 0 Å². The van der Waals surface area contributed by atoms with Crippen molar-refractivity contribution in [1.82, 2.24) is 15.0 Å². The van der Waals surface area contributed by atoms with Crippen molar-refractivity contribution < 1.29 is 14.4 Å². The summed E-state index contributed by atoms with van der Waals surface area (Å²) in [6.45, 7) is 8.67. The lowest BCUT2D eigenvalue weighted by Crippen LogP contribution is -2.30. The maximum Gasteiger partial charge on any atom is 0.232 e. The molecular weight excluding hydrogens is 234 g/mol. The Labute approximate surface area is 108 Å². The molecule has 1 aromatic rings. The van der Waals surface area contributed by atoms with Gasteiger partial charge in [-0.25, -0.2) is 0 Å². The van der Waals surface area contributed by atoms with Crippen molar-refractivity contribution in [3.63, 3.8) is 0 Å². The molecule has 0 aliphatic rings. The van der Waals surface area contributed by atoms with Crippen LogP contribution in [0.25, 0.3) is 0 Å². The second-order valence-corrected chi connectivity index (χ2v) is 5.26. The summed E-state index contributed by atoms with van der Waals surface area (Å²) in [7, 11) is 1.66. The van der Waals surface area contributed by atoms with E-state index in [1.807, 2.05) is 25.7 Å². The Bertz CT molecular complexity index is 347. The minimum Gasteiger partial charge on any atom is -0.395 e. The first kappa shape index (κ1) is 15.1. The topological polar surface area (TPSA) is 71.6 Å². The van der Waals surface area contributed by atoms with Gasteiger partial charge in [-0.15, -0.1) is 0 Å². The van der Waals surface area contributed by atoms with Gasteiger partial charge in [-0.1, -0.05) is 25.9 Å². The van der Waals surface area contributed by atoms with Crippen molar-refractivity contribution in [1.29, 1.82) is 0 Å². The van der Waals surface area contributed by atoms with Gasteiger partial charge in [0.1, 0.15) is 0 Å². The molecule has 0 spiro atoms. The first-order chi connectivity index (χ1) is 8.47. The third-order valence-electron chi connectivity index (χ3n) is 2.50. The van der Waals surface area contributed by atoms with E-state index in [0.717, 1.165) is 6.54 Å². The van der Waals surface area contributed by atoms with Gasteiger partial charge >= 0.3 is 0 Å². The van der Waals surface area contributed by atoms with Crippen LogP contribution in [0.3, 0.4) is 0 Å². The molecule has 0 radical (unpaired) electrons. The molecule has 1 heterocycles. The maximum atomic E-state index is 9.00. The van der Waals surface area contributed by atoms with Crippen molar-refractivity contribution >= 4 is 0 Å². The average Bonchev–Trinajstić information content (AvgIpc) is 2.74. The van der Waals surface area contributed by atoms with Crippen molar-refractivity contribution in [2.24, 2.45) is 0 Å². The maximum absolute atomic E-state index is 9.00. The molecule has 0 saturated heterocycles. The van der Waals surface area contributed by atoms with E-state index in [-0.39, 0.29) is 12.0 Å². The highest BCUT2D eigenvalue weighted by atomic mass is 16.5. The lowest BCUT2D eigenvalue weighted by atomic mass is 9.97. The Balaban J connectivity index is 2.60. The minimum atomic E-state index is -0.139. The number of hydrogen-bond donors (Lipinski definition) is 1. The van der Waals surface area contributed by atoms with Gasteiger partial charge in [-0.05, 0) is 0 Å². The van der Waals surface area contributed by atoms with E-state index in [9.17, 15) is 0 Å². The summed E-state index contributed by atoms with van der Waals surface area (Å²) in [5.41, 5.74) is -0.139. The van der Waals surface area contributed by atoms with E-state index in [4.69, 9.17) is 14.4 Å². The lowest BCUT2D eigenvalue weighted by Gasteiger charge is -2.18. The average molecular weight is 257 g/mol. The molecule has 0 bridgehead atoms. The van der Waals surface area contributed by atoms with Crippen molar-refractivity contribution in [2.45, 2.75) is 32.7 Å².